The van der Waals surface area contributed by atoms with Crippen molar-refractivity contribution in [2.24, 2.45) is 0 Å². The number of nitrogens with two attached hydrogens (primary N) is 1. The molecule has 0 spiro atoms. The van der Waals surface area contributed by atoms with Gasteiger partial charge in [0.15, 0.2) is 0 Å². The summed E-state index contributed by atoms with van der Waals surface area (Å²) < 4.78 is 1.32. The van der Waals surface area contributed by atoms with Gasteiger partial charge in [-0.05, 0) is 56.3 Å². The van der Waals surface area contributed by atoms with E-state index in [9.17, 15) is 14.4 Å². The highest BCUT2D eigenvalue weighted by Crippen LogP contribution is 2.32. The van der Waals surface area contributed by atoms with E-state index in [1.807, 2.05) is 0 Å². The number of carbonyl (C=O) groups is 2. The summed E-state index contributed by atoms with van der Waals surface area (Å²) in [5.74, 6) is -0.135. The number of para-hydroxylation sites is 1. The Morgan fingerprint density at radius 3 is 2.81 bits per heavy atom. The highest BCUT2D eigenvalue weighted by Gasteiger charge is 2.31. The van der Waals surface area contributed by atoms with Crippen LogP contribution in [0.15, 0.2) is 35.1 Å². The zero-order valence-electron chi connectivity index (χ0n) is 17.2. The third-order valence-corrected chi connectivity index (χ3v) is 6.03. The molecule has 162 valence electrons. The summed E-state index contributed by atoms with van der Waals surface area (Å²) in [5.41, 5.74) is 9.02. The van der Waals surface area contributed by atoms with Crippen LogP contribution in [0.5, 0.6) is 0 Å². The van der Waals surface area contributed by atoms with Gasteiger partial charge in [-0.2, -0.15) is 9.61 Å². The second-order valence-corrected chi connectivity index (χ2v) is 8.27. The van der Waals surface area contributed by atoms with Crippen molar-refractivity contribution in [3.8, 4) is 0 Å². The van der Waals surface area contributed by atoms with Gasteiger partial charge in [-0.3, -0.25) is 14.4 Å². The molecule has 0 saturated carbocycles. The van der Waals surface area contributed by atoms with Crippen molar-refractivity contribution < 1.29 is 9.59 Å². The number of fused-ring (bicyclic) bond motifs is 1. The summed E-state index contributed by atoms with van der Waals surface area (Å²) in [6.45, 7) is 2.30. The predicted octanol–water partition coefficient (Wildman–Crippen LogP) is 2.98. The standard InChI is InChI=1S/C22H24ClN5O3/c1-13-16(9-10-19(23)29)25-20-12-17(26-28(20)21(13)30)18-8-4-5-11-27(18)22(31)14-6-2-3-7-15(14)24/h2-3,6-7,12,18,25H,4-5,8-11,24H2,1H3/t18-/m0/s1. The molecule has 8 nitrogen and oxygen atoms in total. The fourth-order valence-electron chi connectivity index (χ4n) is 4.14. The van der Waals surface area contributed by atoms with E-state index >= 15 is 0 Å². The number of rotatable bonds is 5. The maximum Gasteiger partial charge on any atom is 0.277 e. The molecular weight excluding hydrogens is 418 g/mol. The number of halogens is 1. The van der Waals surface area contributed by atoms with E-state index in [0.29, 0.717) is 46.8 Å². The average molecular weight is 442 g/mol. The van der Waals surface area contributed by atoms with Gasteiger partial charge in [0, 0.05) is 36.0 Å². The van der Waals surface area contributed by atoms with Crippen LogP contribution in [0.3, 0.4) is 0 Å². The minimum absolute atomic E-state index is 0.135. The number of nitrogen functional groups attached to an aromatic ring is 1. The first kappa shape index (κ1) is 21.1. The Morgan fingerprint density at radius 1 is 1.29 bits per heavy atom. The minimum atomic E-state index is -0.453. The molecule has 31 heavy (non-hydrogen) atoms. The van der Waals surface area contributed by atoms with Gasteiger partial charge in [0.05, 0.1) is 17.3 Å². The van der Waals surface area contributed by atoms with Gasteiger partial charge >= 0.3 is 0 Å². The number of aromatic amines is 1. The molecule has 4 rings (SSSR count). The zero-order valence-corrected chi connectivity index (χ0v) is 18.0. The van der Waals surface area contributed by atoms with Crippen LogP contribution < -0.4 is 11.3 Å². The molecule has 0 unspecified atom stereocenters. The van der Waals surface area contributed by atoms with E-state index in [1.54, 1.807) is 42.2 Å². The molecule has 1 amide bonds. The van der Waals surface area contributed by atoms with Gasteiger partial charge in [0.1, 0.15) is 5.65 Å². The number of H-pyrrole nitrogens is 1. The third-order valence-electron chi connectivity index (χ3n) is 5.84. The monoisotopic (exact) mass is 441 g/mol. The summed E-state index contributed by atoms with van der Waals surface area (Å²) in [5, 5.41) is 4.08. The zero-order chi connectivity index (χ0) is 22.1. The first-order valence-corrected chi connectivity index (χ1v) is 10.7. The molecule has 2 aromatic heterocycles. The van der Waals surface area contributed by atoms with Crippen LogP contribution in [0.2, 0.25) is 0 Å². The smallest absolute Gasteiger partial charge is 0.277 e. The molecule has 3 aromatic rings. The van der Waals surface area contributed by atoms with Gasteiger partial charge in [0.2, 0.25) is 5.24 Å². The lowest BCUT2D eigenvalue weighted by Crippen LogP contribution is -2.39. The number of aromatic nitrogens is 3. The number of nitrogens with one attached hydrogen (secondary N) is 1. The minimum Gasteiger partial charge on any atom is -0.398 e. The summed E-state index contributed by atoms with van der Waals surface area (Å²) in [6, 6.07) is 8.59. The number of anilines is 1. The summed E-state index contributed by atoms with van der Waals surface area (Å²) >= 11 is 5.46. The van der Waals surface area contributed by atoms with Gasteiger partial charge in [-0.15, -0.1) is 0 Å². The van der Waals surface area contributed by atoms with Gasteiger partial charge in [-0.25, -0.2) is 0 Å². The van der Waals surface area contributed by atoms with Gasteiger partial charge < -0.3 is 15.6 Å². The topological polar surface area (TPSA) is 114 Å². The number of benzene rings is 1. The number of piperidine rings is 1. The highest BCUT2D eigenvalue weighted by atomic mass is 35.5. The number of amides is 1. The first-order valence-electron chi connectivity index (χ1n) is 10.3. The van der Waals surface area contributed by atoms with Crippen molar-refractivity contribution >= 4 is 34.1 Å². The average Bonchev–Trinajstić information content (AvgIpc) is 3.19. The first-order chi connectivity index (χ1) is 14.9. The predicted molar refractivity (Wildman–Crippen MR) is 118 cm³/mol. The molecule has 1 atom stereocenters. The SMILES string of the molecule is Cc1c(CCC(=O)Cl)[nH]c2cc([C@@H]3CCCCN3C(=O)c3ccccc3N)nn2c1=O. The number of nitrogens with zero attached hydrogens (tertiary/aromatic N) is 3. The van der Waals surface area contributed by atoms with E-state index in [-0.39, 0.29) is 23.9 Å². The number of aryl methyl sites for hydroxylation is 1. The molecule has 1 saturated heterocycles. The van der Waals surface area contributed by atoms with Crippen molar-refractivity contribution in [3.05, 3.63) is 63.2 Å². The summed E-state index contributed by atoms with van der Waals surface area (Å²) in [4.78, 5) is 42.2. The molecular formula is C22H24ClN5O3. The van der Waals surface area contributed by atoms with E-state index in [0.717, 1.165) is 19.3 Å². The van der Waals surface area contributed by atoms with Crippen LogP contribution >= 0.6 is 11.6 Å². The Kier molecular flexibility index (Phi) is 5.82. The largest absolute Gasteiger partial charge is 0.398 e. The maximum atomic E-state index is 13.2. The van der Waals surface area contributed by atoms with E-state index in [2.05, 4.69) is 10.1 Å². The second-order valence-electron chi connectivity index (χ2n) is 7.85. The fraction of sp³-hybridized carbons (Fsp3) is 0.364. The van der Waals surface area contributed by atoms with Gasteiger partial charge in [-0.1, -0.05) is 12.1 Å². The van der Waals surface area contributed by atoms with E-state index in [4.69, 9.17) is 17.3 Å². The Labute approximate surface area is 184 Å². The molecule has 0 radical (unpaired) electrons. The molecule has 0 bridgehead atoms. The molecule has 1 aliphatic heterocycles. The van der Waals surface area contributed by atoms with Crippen LogP contribution in [0.1, 0.15) is 59.0 Å². The van der Waals surface area contributed by atoms with Gasteiger partial charge in [0.25, 0.3) is 11.5 Å². The second kappa shape index (κ2) is 8.55. The molecule has 9 heteroatoms. The van der Waals surface area contributed by atoms with Crippen LogP contribution in [0.25, 0.3) is 5.65 Å². The Bertz CT molecular complexity index is 1220. The van der Waals surface area contributed by atoms with E-state index in [1.165, 1.54) is 4.52 Å². The molecule has 1 fully saturated rings. The van der Waals surface area contributed by atoms with Crippen LogP contribution in [0, 0.1) is 6.92 Å². The third kappa shape index (κ3) is 4.07. The van der Waals surface area contributed by atoms with Crippen LogP contribution in [-0.2, 0) is 11.2 Å². The number of carbonyl (C=O) groups excluding carboxylic acids is 2. The van der Waals surface area contributed by atoms with Crippen LogP contribution in [0.4, 0.5) is 5.69 Å². The van der Waals surface area contributed by atoms with Crippen molar-refractivity contribution in [2.45, 2.75) is 45.1 Å². The lowest BCUT2D eigenvalue weighted by atomic mass is 9.98. The molecule has 1 aromatic carbocycles. The van der Waals surface area contributed by atoms with E-state index < -0.39 is 5.24 Å². The number of hydrogen-bond acceptors (Lipinski definition) is 5. The normalized spacial score (nSPS) is 16.6. The Morgan fingerprint density at radius 2 is 2.06 bits per heavy atom. The van der Waals surface area contributed by atoms with Crippen molar-refractivity contribution in [3.63, 3.8) is 0 Å². The fourth-order valence-corrected chi connectivity index (χ4v) is 4.24. The molecule has 3 heterocycles. The molecule has 0 aliphatic carbocycles. The van der Waals surface area contributed by atoms with Crippen molar-refractivity contribution in [1.29, 1.82) is 0 Å². The molecule has 3 N–H and O–H groups in total. The summed E-state index contributed by atoms with van der Waals surface area (Å²) in [7, 11) is 0. The lowest BCUT2D eigenvalue weighted by molar-refractivity contribution is -0.111. The van der Waals surface area contributed by atoms with Crippen molar-refractivity contribution in [1.82, 2.24) is 19.5 Å². The number of hydrogen-bond donors (Lipinski definition) is 2. The molecule has 1 aliphatic rings. The van der Waals surface area contributed by atoms with Crippen molar-refractivity contribution in [2.75, 3.05) is 12.3 Å². The Balaban J connectivity index is 1.71. The maximum absolute atomic E-state index is 13.2. The summed E-state index contributed by atoms with van der Waals surface area (Å²) in [6.07, 6.45) is 3.10. The highest BCUT2D eigenvalue weighted by molar-refractivity contribution is 6.63. The quantitative estimate of drug-likeness (QED) is 0.466. The Hall–Kier alpha value is -3.13. The number of likely N-dealkylation sites (tertiary alicyclic amines) is 1. The van der Waals surface area contributed by atoms with Crippen LogP contribution in [-0.4, -0.2) is 37.2 Å². The lowest BCUT2D eigenvalue weighted by Gasteiger charge is -2.35.